The molecule has 25 heavy (non-hydrogen) atoms. The van der Waals surface area contributed by atoms with E-state index in [4.69, 9.17) is 9.47 Å². The summed E-state index contributed by atoms with van der Waals surface area (Å²) in [4.78, 5) is 0. The monoisotopic (exact) mass is 334 g/mol. The van der Waals surface area contributed by atoms with Gasteiger partial charge in [0.15, 0.2) is 11.5 Å². The Morgan fingerprint density at radius 1 is 0.680 bits per heavy atom. The van der Waals surface area contributed by atoms with Crippen LogP contribution in [0.4, 0.5) is 0 Å². The summed E-state index contributed by atoms with van der Waals surface area (Å²) >= 11 is 0. The Balaban J connectivity index is 2.03. The molecule has 3 aromatic rings. The number of rotatable bonds is 4. The second-order valence-corrected chi connectivity index (χ2v) is 6.90. The van der Waals surface area contributed by atoms with Crippen LogP contribution >= 0.6 is 0 Å². The normalized spacial score (nSPS) is 11.2. The molecule has 0 unspecified atom stereocenters. The Hall–Kier alpha value is -2.94. The SMILES string of the molecule is CC(C)(C)c1cc(Oc2ccccc2)c(O)c(Oc2ccccc2)c1. The number of ether oxygens (including phenoxy) is 2. The maximum atomic E-state index is 10.7. The molecule has 0 aliphatic rings. The van der Waals surface area contributed by atoms with Crippen LogP contribution in [0.2, 0.25) is 0 Å². The molecular weight excluding hydrogens is 312 g/mol. The van der Waals surface area contributed by atoms with Gasteiger partial charge in [-0.05, 0) is 47.4 Å². The van der Waals surface area contributed by atoms with E-state index in [-0.39, 0.29) is 11.2 Å². The van der Waals surface area contributed by atoms with Gasteiger partial charge in [0.25, 0.3) is 0 Å². The lowest BCUT2D eigenvalue weighted by Crippen LogP contribution is -2.11. The summed E-state index contributed by atoms with van der Waals surface area (Å²) in [6.07, 6.45) is 0. The first-order valence-corrected chi connectivity index (χ1v) is 8.27. The molecule has 3 heteroatoms. The number of phenolic OH excluding ortho intramolecular Hbond substituents is 1. The van der Waals surface area contributed by atoms with Gasteiger partial charge in [-0.1, -0.05) is 57.2 Å². The molecule has 0 aliphatic heterocycles. The summed E-state index contributed by atoms with van der Waals surface area (Å²) in [5, 5.41) is 10.7. The van der Waals surface area contributed by atoms with Crippen LogP contribution in [0, 0.1) is 0 Å². The molecule has 0 aliphatic carbocycles. The van der Waals surface area contributed by atoms with Crippen molar-refractivity contribution in [3.8, 4) is 28.7 Å². The van der Waals surface area contributed by atoms with Crippen LogP contribution in [0.25, 0.3) is 0 Å². The minimum absolute atomic E-state index is 0.0132. The summed E-state index contributed by atoms with van der Waals surface area (Å²) in [5.41, 5.74) is 0.902. The van der Waals surface area contributed by atoms with Crippen molar-refractivity contribution >= 4 is 0 Å². The zero-order valence-corrected chi connectivity index (χ0v) is 14.7. The van der Waals surface area contributed by atoms with Gasteiger partial charge in [0.1, 0.15) is 11.5 Å². The first-order chi connectivity index (χ1) is 11.9. The van der Waals surface area contributed by atoms with Crippen LogP contribution < -0.4 is 9.47 Å². The van der Waals surface area contributed by atoms with Crippen molar-refractivity contribution in [3.05, 3.63) is 78.4 Å². The standard InChI is InChI=1S/C22H22O3/c1-22(2,3)16-14-19(24-17-10-6-4-7-11-17)21(23)20(15-16)25-18-12-8-5-9-13-18/h4-15,23H,1-3H3. The minimum Gasteiger partial charge on any atom is -0.502 e. The van der Waals surface area contributed by atoms with Crippen LogP contribution in [0.1, 0.15) is 26.3 Å². The number of hydrogen-bond donors (Lipinski definition) is 1. The Morgan fingerprint density at radius 3 is 1.44 bits per heavy atom. The predicted octanol–water partition coefficient (Wildman–Crippen LogP) is 6.27. The van der Waals surface area contributed by atoms with Gasteiger partial charge >= 0.3 is 0 Å². The smallest absolute Gasteiger partial charge is 0.202 e. The van der Waals surface area contributed by atoms with E-state index in [1.807, 2.05) is 72.8 Å². The summed E-state index contributed by atoms with van der Waals surface area (Å²) in [7, 11) is 0. The largest absolute Gasteiger partial charge is 0.502 e. The highest BCUT2D eigenvalue weighted by Gasteiger charge is 2.21. The fourth-order valence-corrected chi connectivity index (χ4v) is 2.40. The fraction of sp³-hybridized carbons (Fsp3) is 0.182. The second-order valence-electron chi connectivity index (χ2n) is 6.90. The van der Waals surface area contributed by atoms with Crippen LogP contribution in [0.3, 0.4) is 0 Å². The minimum atomic E-state index is -0.114. The first-order valence-electron chi connectivity index (χ1n) is 8.27. The molecule has 128 valence electrons. The molecule has 0 fully saturated rings. The van der Waals surface area contributed by atoms with Crippen molar-refractivity contribution in [3.63, 3.8) is 0 Å². The highest BCUT2D eigenvalue weighted by atomic mass is 16.5. The van der Waals surface area contributed by atoms with Crippen molar-refractivity contribution in [2.24, 2.45) is 0 Å². The van der Waals surface area contributed by atoms with Crippen molar-refractivity contribution in [1.82, 2.24) is 0 Å². The van der Waals surface area contributed by atoms with Gasteiger partial charge in [0, 0.05) is 0 Å². The average molecular weight is 334 g/mol. The Bertz CT molecular complexity index is 772. The number of aromatic hydroxyl groups is 1. The van der Waals surface area contributed by atoms with Gasteiger partial charge < -0.3 is 14.6 Å². The summed E-state index contributed by atoms with van der Waals surface area (Å²) in [6.45, 7) is 6.33. The van der Waals surface area contributed by atoms with Crippen LogP contribution in [0.15, 0.2) is 72.8 Å². The van der Waals surface area contributed by atoms with E-state index in [1.165, 1.54) is 0 Å². The van der Waals surface area contributed by atoms with Crippen molar-refractivity contribution < 1.29 is 14.6 Å². The van der Waals surface area contributed by atoms with Gasteiger partial charge in [-0.3, -0.25) is 0 Å². The van der Waals surface area contributed by atoms with E-state index in [0.29, 0.717) is 23.0 Å². The lowest BCUT2D eigenvalue weighted by Gasteiger charge is -2.22. The number of para-hydroxylation sites is 2. The molecule has 1 N–H and O–H groups in total. The highest BCUT2D eigenvalue weighted by Crippen LogP contribution is 2.44. The predicted molar refractivity (Wildman–Crippen MR) is 99.8 cm³/mol. The zero-order chi connectivity index (χ0) is 17.9. The van der Waals surface area contributed by atoms with E-state index < -0.39 is 0 Å². The van der Waals surface area contributed by atoms with Gasteiger partial charge in [0.05, 0.1) is 0 Å². The van der Waals surface area contributed by atoms with E-state index >= 15 is 0 Å². The van der Waals surface area contributed by atoms with Gasteiger partial charge in [-0.15, -0.1) is 0 Å². The molecule has 0 heterocycles. The van der Waals surface area contributed by atoms with E-state index in [1.54, 1.807) is 0 Å². The number of phenols is 1. The maximum Gasteiger partial charge on any atom is 0.202 e. The van der Waals surface area contributed by atoms with Crippen molar-refractivity contribution in [2.75, 3.05) is 0 Å². The Kier molecular flexibility index (Phi) is 4.66. The molecule has 0 bridgehead atoms. The van der Waals surface area contributed by atoms with Crippen molar-refractivity contribution in [1.29, 1.82) is 0 Å². The van der Waals surface area contributed by atoms with E-state index in [9.17, 15) is 5.11 Å². The molecule has 0 atom stereocenters. The fourth-order valence-electron chi connectivity index (χ4n) is 2.40. The van der Waals surface area contributed by atoms with Crippen molar-refractivity contribution in [2.45, 2.75) is 26.2 Å². The number of benzene rings is 3. The summed E-state index contributed by atoms with van der Waals surface area (Å²) < 4.78 is 11.8. The van der Waals surface area contributed by atoms with E-state index in [2.05, 4.69) is 20.8 Å². The molecule has 0 aromatic heterocycles. The van der Waals surface area contributed by atoms with Crippen LogP contribution in [-0.4, -0.2) is 5.11 Å². The third-order valence-electron chi connectivity index (χ3n) is 3.85. The third-order valence-corrected chi connectivity index (χ3v) is 3.85. The van der Waals surface area contributed by atoms with Gasteiger partial charge in [-0.2, -0.15) is 0 Å². The Morgan fingerprint density at radius 2 is 1.08 bits per heavy atom. The van der Waals surface area contributed by atoms with Crippen LogP contribution in [0.5, 0.6) is 28.7 Å². The van der Waals surface area contributed by atoms with Gasteiger partial charge in [0.2, 0.25) is 5.75 Å². The molecule has 0 saturated carbocycles. The van der Waals surface area contributed by atoms with E-state index in [0.717, 1.165) is 5.56 Å². The highest BCUT2D eigenvalue weighted by molar-refractivity contribution is 5.56. The molecule has 3 aromatic carbocycles. The number of hydrogen-bond acceptors (Lipinski definition) is 3. The zero-order valence-electron chi connectivity index (χ0n) is 14.7. The Labute approximate surface area is 148 Å². The molecule has 0 saturated heterocycles. The second kappa shape index (κ2) is 6.89. The lowest BCUT2D eigenvalue weighted by atomic mass is 9.86. The topological polar surface area (TPSA) is 38.7 Å². The molecule has 3 rings (SSSR count). The molecular formula is C22H22O3. The third kappa shape index (κ3) is 4.13. The quantitative estimate of drug-likeness (QED) is 0.610. The first kappa shape index (κ1) is 16.9. The molecule has 0 amide bonds. The average Bonchev–Trinajstić information content (AvgIpc) is 2.59. The van der Waals surface area contributed by atoms with Gasteiger partial charge in [-0.25, -0.2) is 0 Å². The molecule has 0 radical (unpaired) electrons. The lowest BCUT2D eigenvalue weighted by molar-refractivity contribution is 0.375. The maximum absolute atomic E-state index is 10.7. The molecule has 0 spiro atoms. The summed E-state index contributed by atoms with van der Waals surface area (Å²) in [5.74, 6) is 2.07. The van der Waals surface area contributed by atoms with Crippen LogP contribution in [-0.2, 0) is 5.41 Å². The molecule has 3 nitrogen and oxygen atoms in total. The summed E-state index contributed by atoms with van der Waals surface area (Å²) in [6, 6.07) is 22.5.